The van der Waals surface area contributed by atoms with Crippen molar-refractivity contribution < 1.29 is 14.1 Å². The van der Waals surface area contributed by atoms with Gasteiger partial charge in [-0.3, -0.25) is 4.79 Å². The molecule has 8 heteroatoms. The van der Waals surface area contributed by atoms with E-state index in [0.29, 0.717) is 31.1 Å². The van der Waals surface area contributed by atoms with Crippen molar-refractivity contribution in [2.45, 2.75) is 29.1 Å². The maximum Gasteiger partial charge on any atom is 0.227 e. The van der Waals surface area contributed by atoms with Crippen LogP contribution in [0.5, 0.6) is 5.75 Å². The molecule has 35 heavy (non-hydrogen) atoms. The number of ether oxygens (including phenoxy) is 1. The van der Waals surface area contributed by atoms with E-state index in [9.17, 15) is 4.79 Å². The van der Waals surface area contributed by atoms with Gasteiger partial charge in [-0.1, -0.05) is 41.2 Å². The number of para-hydroxylation sites is 2. The Morgan fingerprint density at radius 3 is 2.37 bits per heavy atom. The van der Waals surface area contributed by atoms with Crippen LogP contribution in [0.4, 0.5) is 11.4 Å². The van der Waals surface area contributed by atoms with E-state index >= 15 is 0 Å². The Hall–Kier alpha value is -3.78. The van der Waals surface area contributed by atoms with Gasteiger partial charge in [0.05, 0.1) is 18.5 Å². The number of fused-ring (bicyclic) bond motifs is 2. The molecular weight excluding hydrogens is 460 g/mol. The van der Waals surface area contributed by atoms with E-state index < -0.39 is 0 Å². The van der Waals surface area contributed by atoms with Crippen molar-refractivity contribution >= 4 is 29.0 Å². The fraction of sp³-hybridized carbons (Fsp3) is 0.222. The zero-order chi connectivity index (χ0) is 24.0. The van der Waals surface area contributed by atoms with Crippen LogP contribution in [0, 0.1) is 0 Å². The highest BCUT2D eigenvalue weighted by Gasteiger charge is 2.22. The Labute approximate surface area is 208 Å². The van der Waals surface area contributed by atoms with E-state index in [2.05, 4.69) is 68.9 Å². The second-order valence-corrected chi connectivity index (χ2v) is 9.22. The summed E-state index contributed by atoms with van der Waals surface area (Å²) >= 11 is 1.80. The molecule has 178 valence electrons. The van der Waals surface area contributed by atoms with E-state index in [1.165, 1.54) is 21.2 Å². The highest BCUT2D eigenvalue weighted by Crippen LogP contribution is 2.47. The zero-order valence-electron chi connectivity index (χ0n) is 19.4. The van der Waals surface area contributed by atoms with Crippen molar-refractivity contribution in [3.8, 4) is 17.1 Å². The summed E-state index contributed by atoms with van der Waals surface area (Å²) in [5.41, 5.74) is 3.27. The first-order valence-electron chi connectivity index (χ1n) is 11.6. The molecule has 1 aliphatic heterocycles. The minimum Gasteiger partial charge on any atom is -0.497 e. The Balaban J connectivity index is 1.10. The Bertz CT molecular complexity index is 1260. The Morgan fingerprint density at radius 1 is 1.00 bits per heavy atom. The number of methoxy groups -OCH3 is 1. The molecule has 1 aromatic heterocycles. The van der Waals surface area contributed by atoms with Crippen molar-refractivity contribution in [2.24, 2.45) is 0 Å². The molecule has 0 fully saturated rings. The van der Waals surface area contributed by atoms with Crippen molar-refractivity contribution in [3.63, 3.8) is 0 Å². The fourth-order valence-electron chi connectivity index (χ4n) is 4.01. The van der Waals surface area contributed by atoms with Crippen LogP contribution in [0.2, 0.25) is 0 Å². The number of nitrogens with zero attached hydrogens (tertiary/aromatic N) is 3. The average Bonchev–Trinajstić information content (AvgIpc) is 3.38. The predicted molar refractivity (Wildman–Crippen MR) is 136 cm³/mol. The largest absolute Gasteiger partial charge is 0.497 e. The number of hydrogen-bond donors (Lipinski definition) is 1. The summed E-state index contributed by atoms with van der Waals surface area (Å²) in [6, 6.07) is 24.3. The van der Waals surface area contributed by atoms with E-state index in [4.69, 9.17) is 9.26 Å². The molecule has 5 rings (SSSR count). The quantitative estimate of drug-likeness (QED) is 0.314. The monoisotopic (exact) mass is 486 g/mol. The number of benzene rings is 3. The summed E-state index contributed by atoms with van der Waals surface area (Å²) in [4.78, 5) is 21.6. The second-order valence-electron chi connectivity index (χ2n) is 8.13. The Kier molecular flexibility index (Phi) is 6.99. The predicted octanol–water partition coefficient (Wildman–Crippen LogP) is 5.49. The normalized spacial score (nSPS) is 12.1. The molecule has 0 atom stereocenters. The molecule has 0 aliphatic carbocycles. The fourth-order valence-corrected chi connectivity index (χ4v) is 5.11. The number of anilines is 2. The van der Waals surface area contributed by atoms with Gasteiger partial charge in [0.25, 0.3) is 0 Å². The first-order valence-corrected chi connectivity index (χ1v) is 12.4. The lowest BCUT2D eigenvalue weighted by molar-refractivity contribution is -0.121. The van der Waals surface area contributed by atoms with E-state index in [-0.39, 0.29) is 5.91 Å². The summed E-state index contributed by atoms with van der Waals surface area (Å²) < 4.78 is 10.5. The lowest BCUT2D eigenvalue weighted by atomic mass is 10.2. The third-order valence-electron chi connectivity index (χ3n) is 5.79. The van der Waals surface area contributed by atoms with Gasteiger partial charge in [0.15, 0.2) is 0 Å². The van der Waals surface area contributed by atoms with Gasteiger partial charge in [-0.15, -0.1) is 0 Å². The van der Waals surface area contributed by atoms with E-state index in [0.717, 1.165) is 24.3 Å². The molecule has 0 spiro atoms. The van der Waals surface area contributed by atoms with Crippen LogP contribution in [0.25, 0.3) is 11.4 Å². The first kappa shape index (κ1) is 23.0. The van der Waals surface area contributed by atoms with Gasteiger partial charge in [-0.05, 0) is 55.0 Å². The summed E-state index contributed by atoms with van der Waals surface area (Å²) in [5, 5.41) is 7.04. The van der Waals surface area contributed by atoms with Crippen molar-refractivity contribution in [3.05, 3.63) is 78.7 Å². The lowest BCUT2D eigenvalue weighted by Crippen LogP contribution is -2.29. The lowest BCUT2D eigenvalue weighted by Gasteiger charge is -2.32. The van der Waals surface area contributed by atoms with Crippen LogP contribution >= 0.6 is 11.8 Å². The summed E-state index contributed by atoms with van der Waals surface area (Å²) in [5.74, 6) is 1.69. The molecule has 1 aliphatic rings. The topological polar surface area (TPSA) is 80.5 Å². The van der Waals surface area contributed by atoms with Gasteiger partial charge in [0.1, 0.15) is 5.75 Å². The maximum atomic E-state index is 12.4. The molecule has 0 radical (unpaired) electrons. The third kappa shape index (κ3) is 5.33. The average molecular weight is 487 g/mol. The molecule has 4 aromatic rings. The second kappa shape index (κ2) is 10.7. The van der Waals surface area contributed by atoms with Gasteiger partial charge < -0.3 is 19.5 Å². The molecule has 2 heterocycles. The van der Waals surface area contributed by atoms with Gasteiger partial charge in [0, 0.05) is 41.3 Å². The maximum absolute atomic E-state index is 12.4. The van der Waals surface area contributed by atoms with Crippen molar-refractivity contribution in [1.29, 1.82) is 0 Å². The SMILES string of the molecule is COc1ccc(-c2noc(CCC(=O)NCCCN3c4ccccc4Sc4ccccc43)n2)cc1. The van der Waals surface area contributed by atoms with E-state index in [1.807, 2.05) is 24.3 Å². The smallest absolute Gasteiger partial charge is 0.227 e. The van der Waals surface area contributed by atoms with Crippen LogP contribution in [-0.4, -0.2) is 36.2 Å². The standard InChI is InChI=1S/C27H26N4O3S/c1-33-20-13-11-19(12-14-20)27-29-26(34-30-27)16-15-25(32)28-17-6-18-31-21-7-2-4-9-23(21)35-24-10-5-3-8-22(24)31/h2-5,7-14H,6,15-18H2,1H3,(H,28,32). The molecule has 7 nitrogen and oxygen atoms in total. The summed E-state index contributed by atoms with van der Waals surface area (Å²) in [6.07, 6.45) is 1.54. The van der Waals surface area contributed by atoms with Crippen LogP contribution in [0.15, 0.2) is 87.1 Å². The molecule has 0 saturated heterocycles. The minimum atomic E-state index is -0.0239. The van der Waals surface area contributed by atoms with Gasteiger partial charge >= 0.3 is 0 Å². The molecule has 0 bridgehead atoms. The van der Waals surface area contributed by atoms with Crippen molar-refractivity contribution in [2.75, 3.05) is 25.1 Å². The summed E-state index contributed by atoms with van der Waals surface area (Å²) in [7, 11) is 1.62. The van der Waals surface area contributed by atoms with Crippen molar-refractivity contribution in [1.82, 2.24) is 15.5 Å². The highest BCUT2D eigenvalue weighted by molar-refractivity contribution is 7.99. The van der Waals surface area contributed by atoms with E-state index in [1.54, 1.807) is 18.9 Å². The molecule has 3 aromatic carbocycles. The van der Waals surface area contributed by atoms with Gasteiger partial charge in [0.2, 0.25) is 17.6 Å². The molecule has 0 unspecified atom stereocenters. The number of carbonyl (C=O) groups excluding carboxylic acids is 1. The number of aromatic nitrogens is 2. The molecule has 0 saturated carbocycles. The summed E-state index contributed by atoms with van der Waals surface area (Å²) in [6.45, 7) is 1.43. The molecule has 1 N–H and O–H groups in total. The third-order valence-corrected chi connectivity index (χ3v) is 6.93. The van der Waals surface area contributed by atoms with Crippen LogP contribution in [0.3, 0.4) is 0 Å². The number of hydrogen-bond acceptors (Lipinski definition) is 7. The first-order chi connectivity index (χ1) is 17.2. The van der Waals surface area contributed by atoms with Crippen LogP contribution in [0.1, 0.15) is 18.7 Å². The highest BCUT2D eigenvalue weighted by atomic mass is 32.2. The zero-order valence-corrected chi connectivity index (χ0v) is 20.3. The molecular formula is C27H26N4O3S. The number of rotatable bonds is 9. The molecule has 1 amide bonds. The number of amides is 1. The van der Waals surface area contributed by atoms with Crippen LogP contribution in [-0.2, 0) is 11.2 Å². The van der Waals surface area contributed by atoms with Gasteiger partial charge in [-0.2, -0.15) is 4.98 Å². The number of nitrogens with one attached hydrogen (secondary N) is 1. The Morgan fingerprint density at radius 2 is 1.69 bits per heavy atom. The van der Waals surface area contributed by atoms with Gasteiger partial charge in [-0.25, -0.2) is 0 Å². The number of carbonyl (C=O) groups is 1. The number of aryl methyl sites for hydroxylation is 1. The minimum absolute atomic E-state index is 0.0239. The van der Waals surface area contributed by atoms with Crippen LogP contribution < -0.4 is 15.0 Å².